The molecule has 0 radical (unpaired) electrons. The van der Waals surface area contributed by atoms with E-state index >= 15 is 0 Å². The Morgan fingerprint density at radius 3 is 2.88 bits per heavy atom. The molecular weight excluding hydrogens is 236 g/mol. The quantitative estimate of drug-likeness (QED) is 0.755. The molecule has 1 aromatic rings. The van der Waals surface area contributed by atoms with Gasteiger partial charge in [0.05, 0.1) is 6.04 Å². The van der Waals surface area contributed by atoms with E-state index in [9.17, 15) is 4.79 Å². The van der Waals surface area contributed by atoms with E-state index in [1.807, 2.05) is 0 Å². The highest BCUT2D eigenvalue weighted by molar-refractivity contribution is 7.15. The Morgan fingerprint density at radius 2 is 2.29 bits per heavy atom. The number of amides is 1. The van der Waals surface area contributed by atoms with Crippen LogP contribution in [0.3, 0.4) is 0 Å². The molecule has 1 aromatic heterocycles. The van der Waals surface area contributed by atoms with Crippen molar-refractivity contribution in [1.29, 1.82) is 0 Å². The lowest BCUT2D eigenvalue weighted by atomic mass is 10.1. The summed E-state index contributed by atoms with van der Waals surface area (Å²) in [4.78, 5) is 11.6. The summed E-state index contributed by atoms with van der Waals surface area (Å²) in [6.07, 6.45) is 2.93. The molecule has 5 nitrogen and oxygen atoms in total. The number of hydrogen-bond donors (Lipinski definition) is 2. The topological polar surface area (TPSA) is 80.9 Å². The average Bonchev–Trinajstić information content (AvgIpc) is 2.64. The Hall–Kier alpha value is -1.27. The zero-order valence-corrected chi connectivity index (χ0v) is 11.0. The van der Waals surface area contributed by atoms with Crippen LogP contribution in [0.15, 0.2) is 12.7 Å². The molecule has 1 heterocycles. The van der Waals surface area contributed by atoms with Crippen molar-refractivity contribution in [3.63, 3.8) is 0 Å². The van der Waals surface area contributed by atoms with E-state index in [-0.39, 0.29) is 5.91 Å². The van der Waals surface area contributed by atoms with Gasteiger partial charge in [-0.1, -0.05) is 31.3 Å². The fourth-order valence-electron chi connectivity index (χ4n) is 1.22. The van der Waals surface area contributed by atoms with E-state index in [1.165, 1.54) is 11.3 Å². The molecule has 3 N–H and O–H groups in total. The maximum absolute atomic E-state index is 11.6. The van der Waals surface area contributed by atoms with E-state index in [4.69, 9.17) is 5.73 Å². The van der Waals surface area contributed by atoms with Crippen LogP contribution in [0.25, 0.3) is 0 Å². The summed E-state index contributed by atoms with van der Waals surface area (Å²) in [5.41, 5.74) is 5.64. The highest BCUT2D eigenvalue weighted by atomic mass is 32.1. The second-order valence-electron chi connectivity index (χ2n) is 4.22. The van der Waals surface area contributed by atoms with E-state index in [0.717, 1.165) is 11.4 Å². The summed E-state index contributed by atoms with van der Waals surface area (Å²) in [6.45, 7) is 7.76. The first kappa shape index (κ1) is 13.8. The van der Waals surface area contributed by atoms with Gasteiger partial charge in [-0.2, -0.15) is 0 Å². The predicted molar refractivity (Wildman–Crippen MR) is 69.9 cm³/mol. The summed E-state index contributed by atoms with van der Waals surface area (Å²) < 4.78 is 0. The third kappa shape index (κ3) is 4.62. The number of nitrogens with one attached hydrogen (secondary N) is 1. The minimum absolute atomic E-state index is 0.253. The number of nitrogens with zero attached hydrogens (tertiary/aromatic N) is 2. The molecule has 0 aliphatic carbocycles. The summed E-state index contributed by atoms with van der Waals surface area (Å²) in [7, 11) is 0. The lowest BCUT2D eigenvalue weighted by molar-refractivity contribution is -0.117. The van der Waals surface area contributed by atoms with Gasteiger partial charge in [-0.25, -0.2) is 0 Å². The van der Waals surface area contributed by atoms with Gasteiger partial charge in [-0.3, -0.25) is 10.1 Å². The normalized spacial score (nSPS) is 12.5. The number of rotatable bonds is 6. The maximum atomic E-state index is 11.6. The number of aromatic nitrogens is 2. The Labute approximate surface area is 105 Å². The van der Waals surface area contributed by atoms with Crippen LogP contribution in [0.4, 0.5) is 5.13 Å². The van der Waals surface area contributed by atoms with Gasteiger partial charge in [0.1, 0.15) is 5.01 Å². The van der Waals surface area contributed by atoms with Crippen molar-refractivity contribution in [3.05, 3.63) is 17.7 Å². The third-order valence-corrected chi connectivity index (χ3v) is 2.90. The van der Waals surface area contributed by atoms with Gasteiger partial charge in [0.15, 0.2) is 0 Å². The number of nitrogens with two attached hydrogens (primary N) is 1. The minimum Gasteiger partial charge on any atom is -0.320 e. The van der Waals surface area contributed by atoms with Crippen molar-refractivity contribution in [1.82, 2.24) is 10.2 Å². The monoisotopic (exact) mass is 254 g/mol. The van der Waals surface area contributed by atoms with Crippen LogP contribution >= 0.6 is 11.3 Å². The summed E-state index contributed by atoms with van der Waals surface area (Å²) in [5.74, 6) is 0.270. The van der Waals surface area contributed by atoms with Crippen LogP contribution in [0, 0.1) is 5.92 Å². The molecule has 1 amide bonds. The van der Waals surface area contributed by atoms with Crippen LogP contribution in [0.5, 0.6) is 0 Å². The second kappa shape index (κ2) is 6.46. The van der Waals surface area contributed by atoms with Gasteiger partial charge in [-0.15, -0.1) is 16.8 Å². The second-order valence-corrected chi connectivity index (χ2v) is 5.28. The van der Waals surface area contributed by atoms with Crippen LogP contribution in [-0.4, -0.2) is 22.1 Å². The number of anilines is 1. The van der Waals surface area contributed by atoms with Crippen molar-refractivity contribution < 1.29 is 4.79 Å². The lowest BCUT2D eigenvalue weighted by Crippen LogP contribution is -2.35. The van der Waals surface area contributed by atoms with Crippen LogP contribution in [0.1, 0.15) is 25.3 Å². The molecule has 0 saturated heterocycles. The van der Waals surface area contributed by atoms with Crippen molar-refractivity contribution in [3.8, 4) is 0 Å². The molecular formula is C11H18N4OS. The Kier molecular flexibility index (Phi) is 5.24. The van der Waals surface area contributed by atoms with Crippen LogP contribution < -0.4 is 11.1 Å². The zero-order valence-electron chi connectivity index (χ0n) is 10.1. The molecule has 0 spiro atoms. The standard InChI is InChI=1S/C11H18N4OS/c1-4-5-8(12)10(16)13-11-15-14-9(17-11)6-7(2)3/h4,7-8H,1,5-6,12H2,2-3H3,(H,13,15,16). The first-order valence-electron chi connectivity index (χ1n) is 5.52. The van der Waals surface area contributed by atoms with Gasteiger partial charge in [-0.05, 0) is 12.3 Å². The molecule has 0 saturated carbocycles. The maximum Gasteiger partial charge on any atom is 0.243 e. The van der Waals surface area contributed by atoms with Crippen molar-refractivity contribution in [2.45, 2.75) is 32.7 Å². The molecule has 0 aromatic carbocycles. The van der Waals surface area contributed by atoms with Crippen molar-refractivity contribution in [2.24, 2.45) is 11.7 Å². The van der Waals surface area contributed by atoms with Crippen LogP contribution in [0.2, 0.25) is 0 Å². The Morgan fingerprint density at radius 1 is 1.59 bits per heavy atom. The summed E-state index contributed by atoms with van der Waals surface area (Å²) in [5, 5.41) is 12.0. The summed E-state index contributed by atoms with van der Waals surface area (Å²) in [6, 6.07) is -0.579. The number of hydrogen-bond acceptors (Lipinski definition) is 5. The first-order chi connectivity index (χ1) is 8.02. The van der Waals surface area contributed by atoms with Gasteiger partial charge in [0, 0.05) is 6.42 Å². The van der Waals surface area contributed by atoms with Gasteiger partial charge >= 0.3 is 0 Å². The zero-order chi connectivity index (χ0) is 12.8. The SMILES string of the molecule is C=CCC(N)C(=O)Nc1nnc(CC(C)C)s1. The Bertz CT molecular complexity index is 389. The highest BCUT2D eigenvalue weighted by Gasteiger charge is 2.14. The molecule has 1 unspecified atom stereocenters. The fourth-order valence-corrected chi connectivity index (χ4v) is 2.18. The Balaban J connectivity index is 2.54. The van der Waals surface area contributed by atoms with Gasteiger partial charge < -0.3 is 5.73 Å². The van der Waals surface area contributed by atoms with E-state index in [2.05, 4.69) is 35.9 Å². The summed E-state index contributed by atoms with van der Waals surface area (Å²) >= 11 is 1.39. The number of carbonyl (C=O) groups is 1. The molecule has 0 aliphatic rings. The van der Waals surface area contributed by atoms with Crippen molar-refractivity contribution in [2.75, 3.05) is 5.32 Å². The lowest BCUT2D eigenvalue weighted by Gasteiger charge is -2.06. The first-order valence-corrected chi connectivity index (χ1v) is 6.34. The molecule has 94 valence electrons. The fraction of sp³-hybridized carbons (Fsp3) is 0.545. The van der Waals surface area contributed by atoms with Gasteiger partial charge in [0.25, 0.3) is 0 Å². The predicted octanol–water partition coefficient (Wildman–Crippen LogP) is 1.58. The molecule has 1 atom stereocenters. The molecule has 1 rings (SSSR count). The van der Waals surface area contributed by atoms with E-state index in [0.29, 0.717) is 17.5 Å². The van der Waals surface area contributed by atoms with E-state index in [1.54, 1.807) is 6.08 Å². The molecule has 6 heteroatoms. The molecule has 0 aliphatic heterocycles. The molecule has 0 fully saturated rings. The van der Waals surface area contributed by atoms with E-state index < -0.39 is 6.04 Å². The minimum atomic E-state index is -0.579. The largest absolute Gasteiger partial charge is 0.320 e. The van der Waals surface area contributed by atoms with Crippen molar-refractivity contribution >= 4 is 22.4 Å². The smallest absolute Gasteiger partial charge is 0.243 e. The molecule has 17 heavy (non-hydrogen) atoms. The average molecular weight is 254 g/mol. The third-order valence-electron chi connectivity index (χ3n) is 2.04. The number of carbonyl (C=O) groups excluding carboxylic acids is 1. The highest BCUT2D eigenvalue weighted by Crippen LogP contribution is 2.18. The molecule has 0 bridgehead atoms. The van der Waals surface area contributed by atoms with Crippen LogP contribution in [-0.2, 0) is 11.2 Å². The van der Waals surface area contributed by atoms with Gasteiger partial charge in [0.2, 0.25) is 11.0 Å².